The number of nitrogens with zero attached hydrogens (tertiary/aromatic N) is 2. The summed E-state index contributed by atoms with van der Waals surface area (Å²) in [6.07, 6.45) is 1.06. The Balaban J connectivity index is 2.16. The molecule has 1 aliphatic heterocycles. The van der Waals surface area contributed by atoms with E-state index in [1.54, 1.807) is 0 Å². The maximum atomic E-state index is 5.66. The zero-order chi connectivity index (χ0) is 10.1. The Hall–Kier alpha value is -0.940. The van der Waals surface area contributed by atoms with Crippen molar-refractivity contribution in [3.8, 4) is 0 Å². The summed E-state index contributed by atoms with van der Waals surface area (Å²) in [7, 11) is 0. The van der Waals surface area contributed by atoms with E-state index in [0.29, 0.717) is 17.8 Å². The molecule has 1 saturated heterocycles. The number of aromatic nitrogens is 2. The van der Waals surface area contributed by atoms with Gasteiger partial charge in [-0.1, -0.05) is 5.16 Å². The molecule has 1 aromatic rings. The smallest absolute Gasteiger partial charge is 0.231 e. The van der Waals surface area contributed by atoms with Gasteiger partial charge < -0.3 is 15.6 Å². The molecule has 3 atom stereocenters. The minimum absolute atomic E-state index is 0.155. The molecule has 0 aromatic carbocycles. The number of nitrogens with two attached hydrogens (primary N) is 1. The van der Waals surface area contributed by atoms with E-state index >= 15 is 0 Å². The van der Waals surface area contributed by atoms with Crippen LogP contribution in [0.3, 0.4) is 0 Å². The Kier molecular flexibility index (Phi) is 2.52. The van der Waals surface area contributed by atoms with Gasteiger partial charge in [-0.2, -0.15) is 4.98 Å². The summed E-state index contributed by atoms with van der Waals surface area (Å²) in [5, 5.41) is 7.20. The lowest BCUT2D eigenvalue weighted by Crippen LogP contribution is -2.21. The molecule has 0 saturated carbocycles. The molecule has 2 rings (SSSR count). The van der Waals surface area contributed by atoms with Gasteiger partial charge in [0.25, 0.3) is 0 Å². The Labute approximate surface area is 83.1 Å². The van der Waals surface area contributed by atoms with Crippen LogP contribution in [0.2, 0.25) is 0 Å². The highest BCUT2D eigenvalue weighted by Crippen LogP contribution is 2.26. The zero-order valence-corrected chi connectivity index (χ0v) is 8.53. The van der Waals surface area contributed by atoms with E-state index in [4.69, 9.17) is 10.3 Å². The van der Waals surface area contributed by atoms with Crippen LogP contribution in [0.25, 0.3) is 0 Å². The fraction of sp³-hybridized carbons (Fsp3) is 0.778. The van der Waals surface area contributed by atoms with Crippen molar-refractivity contribution in [2.24, 2.45) is 5.73 Å². The minimum Gasteiger partial charge on any atom is -0.339 e. The third kappa shape index (κ3) is 1.65. The topological polar surface area (TPSA) is 77.0 Å². The summed E-state index contributed by atoms with van der Waals surface area (Å²) in [6, 6.07) is 0.258. The first-order valence-electron chi connectivity index (χ1n) is 5.01. The quantitative estimate of drug-likeness (QED) is 0.722. The van der Waals surface area contributed by atoms with Gasteiger partial charge in [0.1, 0.15) is 0 Å². The first-order chi connectivity index (χ1) is 6.68. The second kappa shape index (κ2) is 3.67. The fourth-order valence-corrected chi connectivity index (χ4v) is 1.78. The predicted octanol–water partition coefficient (Wildman–Crippen LogP) is 0.555. The molecule has 5 nitrogen and oxygen atoms in total. The number of hydrogen-bond donors (Lipinski definition) is 2. The first-order valence-corrected chi connectivity index (χ1v) is 5.01. The van der Waals surface area contributed by atoms with Crippen LogP contribution in [0, 0.1) is 0 Å². The highest BCUT2D eigenvalue weighted by Gasteiger charge is 2.29. The molecule has 1 aromatic heterocycles. The van der Waals surface area contributed by atoms with Crippen LogP contribution in [-0.4, -0.2) is 22.7 Å². The van der Waals surface area contributed by atoms with E-state index in [9.17, 15) is 0 Å². The van der Waals surface area contributed by atoms with Gasteiger partial charge in [0, 0.05) is 6.04 Å². The van der Waals surface area contributed by atoms with Gasteiger partial charge in [0.15, 0.2) is 5.82 Å². The van der Waals surface area contributed by atoms with E-state index in [0.717, 1.165) is 18.9 Å². The van der Waals surface area contributed by atoms with Crippen LogP contribution in [0.15, 0.2) is 4.52 Å². The number of hydrogen-bond acceptors (Lipinski definition) is 5. The molecule has 1 fully saturated rings. The van der Waals surface area contributed by atoms with Gasteiger partial charge in [0.2, 0.25) is 5.89 Å². The zero-order valence-electron chi connectivity index (χ0n) is 8.53. The molecule has 5 heteroatoms. The van der Waals surface area contributed by atoms with Crippen molar-refractivity contribution in [3.63, 3.8) is 0 Å². The Bertz CT molecular complexity index is 310. The number of rotatable bonds is 2. The third-order valence-electron chi connectivity index (χ3n) is 2.71. The van der Waals surface area contributed by atoms with Crippen molar-refractivity contribution in [3.05, 3.63) is 11.7 Å². The van der Waals surface area contributed by atoms with Gasteiger partial charge >= 0.3 is 0 Å². The fourth-order valence-electron chi connectivity index (χ4n) is 1.78. The molecule has 0 amide bonds. The molecule has 14 heavy (non-hydrogen) atoms. The molecule has 1 aliphatic rings. The highest BCUT2D eigenvalue weighted by molar-refractivity contribution is 5.03. The second-order valence-corrected chi connectivity index (χ2v) is 3.92. The van der Waals surface area contributed by atoms with Gasteiger partial charge in [-0.25, -0.2) is 0 Å². The summed E-state index contributed by atoms with van der Waals surface area (Å²) in [5.74, 6) is 1.66. The predicted molar refractivity (Wildman–Crippen MR) is 51.7 cm³/mol. The maximum absolute atomic E-state index is 5.66. The van der Waals surface area contributed by atoms with Crippen molar-refractivity contribution < 1.29 is 4.52 Å². The number of nitrogens with one attached hydrogen (secondary N) is 1. The molecular weight excluding hydrogens is 180 g/mol. The molecule has 78 valence electrons. The molecule has 0 aliphatic carbocycles. The summed E-state index contributed by atoms with van der Waals surface area (Å²) in [5.41, 5.74) is 5.66. The van der Waals surface area contributed by atoms with Crippen LogP contribution in [0.4, 0.5) is 0 Å². The first kappa shape index (κ1) is 9.61. The van der Waals surface area contributed by atoms with E-state index in [2.05, 4.69) is 22.4 Å². The highest BCUT2D eigenvalue weighted by atomic mass is 16.5. The molecule has 0 bridgehead atoms. The van der Waals surface area contributed by atoms with Crippen molar-refractivity contribution >= 4 is 0 Å². The standard InChI is InChI=1S/C9H16N4O/c1-5(10)8-12-9(14-13-8)7-3-4-11-6(7)2/h5-7,11H,3-4,10H2,1-2H3. The van der Waals surface area contributed by atoms with E-state index in [1.165, 1.54) is 0 Å². The largest absolute Gasteiger partial charge is 0.339 e. The van der Waals surface area contributed by atoms with Crippen LogP contribution in [0.1, 0.15) is 43.9 Å². The Morgan fingerprint density at radius 3 is 2.93 bits per heavy atom. The lowest BCUT2D eigenvalue weighted by atomic mass is 10.0. The third-order valence-corrected chi connectivity index (χ3v) is 2.71. The van der Waals surface area contributed by atoms with Crippen molar-refractivity contribution in [2.75, 3.05) is 6.54 Å². The van der Waals surface area contributed by atoms with Gasteiger partial charge in [-0.05, 0) is 26.8 Å². The van der Waals surface area contributed by atoms with E-state index in [-0.39, 0.29) is 6.04 Å². The van der Waals surface area contributed by atoms with Crippen molar-refractivity contribution in [1.29, 1.82) is 0 Å². The van der Waals surface area contributed by atoms with Gasteiger partial charge in [-0.15, -0.1) is 0 Å². The average molecular weight is 196 g/mol. The van der Waals surface area contributed by atoms with Crippen LogP contribution in [-0.2, 0) is 0 Å². The maximum Gasteiger partial charge on any atom is 0.231 e. The summed E-state index contributed by atoms with van der Waals surface area (Å²) in [4.78, 5) is 4.30. The van der Waals surface area contributed by atoms with Crippen LogP contribution >= 0.6 is 0 Å². The molecule has 3 N–H and O–H groups in total. The van der Waals surface area contributed by atoms with Crippen LogP contribution < -0.4 is 11.1 Å². The monoisotopic (exact) mass is 196 g/mol. The van der Waals surface area contributed by atoms with Gasteiger partial charge in [0.05, 0.1) is 12.0 Å². The molecule has 3 unspecified atom stereocenters. The summed E-state index contributed by atoms with van der Waals surface area (Å²) >= 11 is 0. The normalized spacial score (nSPS) is 29.4. The molecular formula is C9H16N4O. The average Bonchev–Trinajstić information content (AvgIpc) is 2.71. The summed E-state index contributed by atoms with van der Waals surface area (Å²) in [6.45, 7) is 5.00. The molecule has 0 spiro atoms. The van der Waals surface area contributed by atoms with Crippen molar-refractivity contribution in [1.82, 2.24) is 15.5 Å². The molecule has 0 radical (unpaired) electrons. The lowest BCUT2D eigenvalue weighted by molar-refractivity contribution is 0.340. The minimum atomic E-state index is -0.155. The Morgan fingerprint density at radius 2 is 2.43 bits per heavy atom. The summed E-state index contributed by atoms with van der Waals surface area (Å²) < 4.78 is 5.20. The van der Waals surface area contributed by atoms with Crippen LogP contribution in [0.5, 0.6) is 0 Å². The molecule has 2 heterocycles. The second-order valence-electron chi connectivity index (χ2n) is 3.92. The Morgan fingerprint density at radius 1 is 1.64 bits per heavy atom. The van der Waals surface area contributed by atoms with Gasteiger partial charge in [-0.3, -0.25) is 0 Å². The van der Waals surface area contributed by atoms with Crippen molar-refractivity contribution in [2.45, 2.75) is 38.3 Å². The lowest BCUT2D eigenvalue weighted by Gasteiger charge is -2.08. The van der Waals surface area contributed by atoms with E-state index in [1.807, 2.05) is 6.92 Å². The SMILES string of the molecule is CC(N)c1noc(C2CCNC2C)n1. The van der Waals surface area contributed by atoms with E-state index < -0.39 is 0 Å².